The summed E-state index contributed by atoms with van der Waals surface area (Å²) in [4.78, 5) is 0. The third kappa shape index (κ3) is 4.10. The van der Waals surface area contributed by atoms with Gasteiger partial charge in [-0.05, 0) is 0 Å². The molecule has 0 unspecified atom stereocenters. The van der Waals surface area contributed by atoms with Crippen molar-refractivity contribution in [1.82, 2.24) is 9.13 Å². The van der Waals surface area contributed by atoms with Gasteiger partial charge in [-0.25, -0.2) is 18.3 Å². The molecule has 0 aliphatic heterocycles. The van der Waals surface area contributed by atoms with Crippen LogP contribution in [0.3, 0.4) is 0 Å². The van der Waals surface area contributed by atoms with Crippen LogP contribution in [0.4, 0.5) is 0 Å². The van der Waals surface area contributed by atoms with Crippen LogP contribution in [0.1, 0.15) is 34.4 Å². The van der Waals surface area contributed by atoms with Gasteiger partial charge in [0, 0.05) is 41.5 Å². The maximum atomic E-state index is 2.20. The number of imidazole rings is 2. The minimum atomic E-state index is 0. The molecule has 2 aromatic rings. The zero-order valence-corrected chi connectivity index (χ0v) is 17.8. The van der Waals surface area contributed by atoms with Crippen LogP contribution >= 0.6 is 0 Å². The summed E-state index contributed by atoms with van der Waals surface area (Å²) in [5.41, 5.74) is 5.39. The molecule has 0 bridgehead atoms. The van der Waals surface area contributed by atoms with Crippen molar-refractivity contribution in [3.63, 3.8) is 0 Å². The van der Waals surface area contributed by atoms with Crippen molar-refractivity contribution in [3.8, 4) is 0 Å². The molecular formula is C16H31IN4O. The number of rotatable bonds is 0. The maximum Gasteiger partial charge on any atom is 0.253 e. The summed E-state index contributed by atoms with van der Waals surface area (Å²) in [5.74, 6) is 2.60. The number of nitrogens with zero attached hydrogens (tertiary/aromatic N) is 4. The van der Waals surface area contributed by atoms with E-state index in [9.17, 15) is 0 Å². The van der Waals surface area contributed by atoms with Crippen molar-refractivity contribution in [2.45, 2.75) is 41.5 Å². The van der Waals surface area contributed by atoms with E-state index in [2.05, 4.69) is 88.0 Å². The van der Waals surface area contributed by atoms with E-state index in [-0.39, 0.29) is 29.5 Å². The first-order valence-corrected chi connectivity index (χ1v) is 7.08. The average Bonchev–Trinajstić information content (AvgIpc) is 2.71. The lowest BCUT2D eigenvalue weighted by Gasteiger charge is -1.87. The summed E-state index contributed by atoms with van der Waals surface area (Å²) in [6.07, 6.45) is 0. The standard InChI is InChI=1S/2C8H15N2.HI.H2O/c2*1-6-7(2)10(5)8(3)9(6)4;;/h2*1-5H3;1H;1H2/q2*+1;;/p-2. The number of halogens is 1. The van der Waals surface area contributed by atoms with E-state index in [0.29, 0.717) is 0 Å². The van der Waals surface area contributed by atoms with Gasteiger partial charge in [-0.1, -0.05) is 0 Å². The molecule has 1 N–H and O–H groups in total. The van der Waals surface area contributed by atoms with Crippen LogP contribution in [-0.2, 0) is 28.2 Å². The molecule has 0 aromatic carbocycles. The third-order valence-corrected chi connectivity index (χ3v) is 5.00. The number of aromatic nitrogens is 4. The van der Waals surface area contributed by atoms with Gasteiger partial charge in [0.1, 0.15) is 22.8 Å². The van der Waals surface area contributed by atoms with Gasteiger partial charge in [0.2, 0.25) is 0 Å². The van der Waals surface area contributed by atoms with E-state index in [0.717, 1.165) is 0 Å². The predicted molar refractivity (Wildman–Crippen MR) is 83.5 cm³/mol. The Kier molecular flexibility index (Phi) is 9.21. The summed E-state index contributed by atoms with van der Waals surface area (Å²) in [6, 6.07) is 0. The van der Waals surface area contributed by atoms with Crippen LogP contribution in [0.25, 0.3) is 0 Å². The molecule has 2 heterocycles. The normalized spacial score (nSPS) is 9.55. The number of hydrogen-bond acceptors (Lipinski definition) is 1. The molecule has 2 rings (SSSR count). The van der Waals surface area contributed by atoms with E-state index >= 15 is 0 Å². The van der Waals surface area contributed by atoms with E-state index in [1.165, 1.54) is 34.4 Å². The zero-order chi connectivity index (χ0) is 15.8. The molecular weight excluding hydrogens is 391 g/mol. The van der Waals surface area contributed by atoms with Crippen molar-refractivity contribution in [3.05, 3.63) is 34.4 Å². The Hall–Kier alpha value is -0.890. The molecule has 0 aliphatic carbocycles. The molecule has 0 saturated heterocycles. The Morgan fingerprint density at radius 1 is 0.636 bits per heavy atom. The Bertz CT molecular complexity index is 425. The van der Waals surface area contributed by atoms with Crippen molar-refractivity contribution >= 4 is 0 Å². The molecule has 0 saturated carbocycles. The van der Waals surface area contributed by atoms with Crippen LogP contribution in [-0.4, -0.2) is 14.6 Å². The highest BCUT2D eigenvalue weighted by molar-refractivity contribution is 5.05. The third-order valence-electron chi connectivity index (χ3n) is 5.00. The zero-order valence-electron chi connectivity index (χ0n) is 15.6. The first-order valence-electron chi connectivity index (χ1n) is 7.08. The fourth-order valence-corrected chi connectivity index (χ4v) is 2.39. The fraction of sp³-hybridized carbons (Fsp3) is 0.625. The topological polar surface area (TPSA) is 47.6 Å². The largest absolute Gasteiger partial charge is 1.00 e. The molecule has 22 heavy (non-hydrogen) atoms. The second-order valence-corrected chi connectivity index (χ2v) is 5.67. The lowest BCUT2D eigenvalue weighted by atomic mass is 10.4. The van der Waals surface area contributed by atoms with Crippen molar-refractivity contribution in [1.29, 1.82) is 0 Å². The molecule has 0 radical (unpaired) electrons. The Balaban J connectivity index is 0. The van der Waals surface area contributed by atoms with Crippen LogP contribution in [0.5, 0.6) is 0 Å². The molecule has 0 aliphatic rings. The molecule has 5 nitrogen and oxygen atoms in total. The van der Waals surface area contributed by atoms with Gasteiger partial charge in [-0.15, -0.1) is 0 Å². The van der Waals surface area contributed by atoms with E-state index in [4.69, 9.17) is 0 Å². The average molecular weight is 422 g/mol. The van der Waals surface area contributed by atoms with Gasteiger partial charge in [0.15, 0.2) is 0 Å². The minimum absolute atomic E-state index is 0. The number of hydrogen-bond donors (Lipinski definition) is 0. The predicted octanol–water partition coefficient (Wildman–Crippen LogP) is -1.62. The first kappa shape index (κ1) is 23.4. The van der Waals surface area contributed by atoms with Gasteiger partial charge < -0.3 is 29.5 Å². The van der Waals surface area contributed by atoms with Gasteiger partial charge in [0.05, 0.1) is 28.2 Å². The van der Waals surface area contributed by atoms with Gasteiger partial charge in [0.25, 0.3) is 11.6 Å². The Morgan fingerprint density at radius 3 is 0.909 bits per heavy atom. The smallest absolute Gasteiger partial charge is 0.253 e. The van der Waals surface area contributed by atoms with Crippen LogP contribution < -0.4 is 33.1 Å². The van der Waals surface area contributed by atoms with E-state index in [1.807, 2.05) is 0 Å². The van der Waals surface area contributed by atoms with E-state index in [1.54, 1.807) is 0 Å². The maximum absolute atomic E-state index is 2.20. The molecule has 0 atom stereocenters. The van der Waals surface area contributed by atoms with Crippen molar-refractivity contribution < 1.29 is 38.6 Å². The molecule has 6 heteroatoms. The van der Waals surface area contributed by atoms with Crippen LogP contribution in [0.15, 0.2) is 0 Å². The van der Waals surface area contributed by atoms with Gasteiger partial charge in [-0.2, -0.15) is 0 Å². The molecule has 0 spiro atoms. The monoisotopic (exact) mass is 422 g/mol. The second kappa shape index (κ2) is 8.67. The minimum Gasteiger partial charge on any atom is -1.00 e. The summed E-state index contributed by atoms with van der Waals surface area (Å²) in [6.45, 7) is 12.8. The summed E-state index contributed by atoms with van der Waals surface area (Å²) >= 11 is 0. The molecule has 0 amide bonds. The Morgan fingerprint density at radius 2 is 0.864 bits per heavy atom. The quantitative estimate of drug-likeness (QED) is 0.372. The lowest BCUT2D eigenvalue weighted by molar-refractivity contribution is -0.683. The van der Waals surface area contributed by atoms with Crippen molar-refractivity contribution in [2.24, 2.45) is 28.2 Å². The SMILES string of the molecule is Cc1c(C)[n+](C)c(C)n1C.Cc1c(C)[n+](C)c(C)n1C.[I-].[OH-]. The molecule has 2 aromatic heterocycles. The van der Waals surface area contributed by atoms with Gasteiger partial charge in [-0.3, -0.25) is 0 Å². The molecule has 128 valence electrons. The fourth-order valence-electron chi connectivity index (χ4n) is 2.39. The summed E-state index contributed by atoms with van der Waals surface area (Å²) in [7, 11) is 8.38. The highest BCUT2D eigenvalue weighted by atomic mass is 127. The summed E-state index contributed by atoms with van der Waals surface area (Å²) in [5, 5.41) is 0. The summed E-state index contributed by atoms with van der Waals surface area (Å²) < 4.78 is 8.81. The van der Waals surface area contributed by atoms with Gasteiger partial charge >= 0.3 is 0 Å². The van der Waals surface area contributed by atoms with Crippen molar-refractivity contribution in [2.75, 3.05) is 0 Å². The first-order chi connectivity index (χ1) is 9.11. The second-order valence-electron chi connectivity index (χ2n) is 5.67. The highest BCUT2D eigenvalue weighted by Crippen LogP contribution is 2.03. The van der Waals surface area contributed by atoms with Crippen LogP contribution in [0.2, 0.25) is 0 Å². The van der Waals surface area contributed by atoms with E-state index < -0.39 is 0 Å². The highest BCUT2D eigenvalue weighted by Gasteiger charge is 2.15. The Labute approximate surface area is 151 Å². The molecule has 0 fully saturated rings. The van der Waals surface area contributed by atoms with Crippen LogP contribution in [0, 0.1) is 41.5 Å². The lowest BCUT2D eigenvalue weighted by Crippen LogP contribution is -3.00.